The number of rotatable bonds is 5. The number of benzene rings is 9. The first-order valence-corrected chi connectivity index (χ1v) is 21.0. The molecule has 2 aliphatic carbocycles. The largest absolute Gasteiger partial charge is 0.310 e. The standard InChI is InChI=1S/C57H35N3O2/c61-55-46-19-9-12-22-53(46)59-54-35-52-47(34-48(54)56(62)60(55)59)44-18-8-11-21-50(44)57(52)49-20-10-7-17-43(49)45-32-31-42(33-51(45)57)58(40-27-23-38(24-28-40)36-13-3-1-4-14-36)41-29-25-39(26-30-41)37-15-5-2-6-16-37/h1-35H. The zero-order chi connectivity index (χ0) is 41.1. The Labute approximate surface area is 356 Å². The summed E-state index contributed by atoms with van der Waals surface area (Å²) in [7, 11) is 0. The third kappa shape index (κ3) is 4.62. The molecule has 1 unspecified atom stereocenters. The van der Waals surface area contributed by atoms with Gasteiger partial charge >= 0.3 is 0 Å². The highest BCUT2D eigenvalue weighted by Crippen LogP contribution is 2.63. The van der Waals surface area contributed by atoms with Gasteiger partial charge in [0.15, 0.2) is 0 Å². The molecule has 0 bridgehead atoms. The topological polar surface area (TPSA) is 46.2 Å². The van der Waals surface area contributed by atoms with Crippen LogP contribution in [0, 0.1) is 0 Å². The maximum Gasteiger partial charge on any atom is 0.282 e. The molecule has 9 aromatic carbocycles. The van der Waals surface area contributed by atoms with Gasteiger partial charge in [-0.2, -0.15) is 4.52 Å². The summed E-state index contributed by atoms with van der Waals surface area (Å²) in [5, 5.41) is 1.06. The summed E-state index contributed by atoms with van der Waals surface area (Å²) in [5.41, 5.74) is 17.0. The van der Waals surface area contributed by atoms with Gasteiger partial charge < -0.3 is 4.90 Å². The fraction of sp³-hybridized carbons (Fsp3) is 0.0175. The summed E-state index contributed by atoms with van der Waals surface area (Å²) in [6.45, 7) is 0. The van der Waals surface area contributed by atoms with E-state index in [1.807, 2.05) is 40.9 Å². The van der Waals surface area contributed by atoms with Gasteiger partial charge in [0.1, 0.15) is 0 Å². The molecule has 0 saturated carbocycles. The lowest BCUT2D eigenvalue weighted by atomic mass is 9.70. The van der Waals surface area contributed by atoms with E-state index in [-0.39, 0.29) is 11.1 Å². The molecule has 0 saturated heterocycles. The normalized spacial score (nSPS) is 14.6. The summed E-state index contributed by atoms with van der Waals surface area (Å²) in [6, 6.07) is 74.7. The van der Waals surface area contributed by atoms with Crippen molar-refractivity contribution in [1.29, 1.82) is 0 Å². The molecular formula is C57H35N3O2. The van der Waals surface area contributed by atoms with Gasteiger partial charge in [0.25, 0.3) is 11.1 Å². The minimum atomic E-state index is -0.706. The predicted octanol–water partition coefficient (Wildman–Crippen LogP) is 12.7. The number of para-hydroxylation sites is 1. The van der Waals surface area contributed by atoms with Crippen LogP contribution in [-0.4, -0.2) is 9.03 Å². The summed E-state index contributed by atoms with van der Waals surface area (Å²) < 4.78 is 3.13. The maximum absolute atomic E-state index is 14.2. The van der Waals surface area contributed by atoms with Gasteiger partial charge in [-0.15, -0.1) is 0 Å². The number of hydrogen-bond acceptors (Lipinski definition) is 3. The van der Waals surface area contributed by atoms with E-state index in [1.165, 1.54) is 43.5 Å². The Bertz CT molecular complexity index is 3640. The van der Waals surface area contributed by atoms with E-state index in [0.29, 0.717) is 10.8 Å². The van der Waals surface area contributed by atoms with Crippen LogP contribution in [0.25, 0.3) is 66.3 Å². The number of nitrogens with zero attached hydrogens (tertiary/aromatic N) is 3. The molecule has 2 heterocycles. The van der Waals surface area contributed by atoms with Crippen molar-refractivity contribution in [3.8, 4) is 44.5 Å². The van der Waals surface area contributed by atoms with Crippen LogP contribution < -0.4 is 16.0 Å². The van der Waals surface area contributed by atoms with Gasteiger partial charge in [0.2, 0.25) is 0 Å². The molecule has 13 rings (SSSR count). The van der Waals surface area contributed by atoms with E-state index in [2.05, 4.69) is 175 Å². The Kier molecular flexibility index (Phi) is 7.17. The molecule has 2 aliphatic rings. The molecule has 290 valence electrons. The smallest absolute Gasteiger partial charge is 0.282 e. The fourth-order valence-corrected chi connectivity index (χ4v) is 10.6. The van der Waals surface area contributed by atoms with Crippen molar-refractivity contribution in [3.05, 3.63) is 255 Å². The molecule has 0 fully saturated rings. The van der Waals surface area contributed by atoms with Crippen molar-refractivity contribution in [2.75, 3.05) is 4.90 Å². The van der Waals surface area contributed by atoms with E-state index in [4.69, 9.17) is 0 Å². The average Bonchev–Trinajstić information content (AvgIpc) is 4.01. The lowest BCUT2D eigenvalue weighted by Crippen LogP contribution is -2.26. The lowest BCUT2D eigenvalue weighted by Gasteiger charge is -2.32. The highest BCUT2D eigenvalue weighted by atomic mass is 16.2. The zero-order valence-electron chi connectivity index (χ0n) is 33.4. The average molecular weight is 794 g/mol. The Hall–Kier alpha value is -8.28. The number of anilines is 3. The second-order valence-electron chi connectivity index (χ2n) is 16.4. The van der Waals surface area contributed by atoms with Crippen molar-refractivity contribution in [2.45, 2.75) is 5.41 Å². The molecule has 11 aromatic rings. The van der Waals surface area contributed by atoms with Gasteiger partial charge in [0.05, 0.1) is 27.2 Å². The Morgan fingerprint density at radius 3 is 1.42 bits per heavy atom. The predicted molar refractivity (Wildman–Crippen MR) is 251 cm³/mol. The van der Waals surface area contributed by atoms with Crippen molar-refractivity contribution >= 4 is 38.9 Å². The van der Waals surface area contributed by atoms with Gasteiger partial charge in [-0.1, -0.05) is 152 Å². The summed E-state index contributed by atoms with van der Waals surface area (Å²) in [4.78, 5) is 30.3. The van der Waals surface area contributed by atoms with Crippen molar-refractivity contribution in [2.24, 2.45) is 0 Å². The molecule has 1 atom stereocenters. The molecule has 0 aliphatic heterocycles. The van der Waals surface area contributed by atoms with Crippen molar-refractivity contribution in [3.63, 3.8) is 0 Å². The summed E-state index contributed by atoms with van der Waals surface area (Å²) >= 11 is 0. The number of hydrogen-bond donors (Lipinski definition) is 0. The van der Waals surface area contributed by atoms with Crippen LogP contribution in [-0.2, 0) is 5.41 Å². The molecule has 0 amide bonds. The first-order valence-electron chi connectivity index (χ1n) is 21.0. The molecule has 0 N–H and O–H groups in total. The third-order valence-electron chi connectivity index (χ3n) is 13.3. The first-order chi connectivity index (χ1) is 30.6. The SMILES string of the molecule is O=c1c2ccccc2n2c3cc4c(cc3c(=O)n12)-c1ccccc1C41c2ccccc2-c2ccc(N(c3ccc(-c4ccccc4)cc3)c3ccc(-c4ccccc4)cc3)cc21. The number of fused-ring (bicyclic) bond motifs is 15. The van der Waals surface area contributed by atoms with E-state index < -0.39 is 5.41 Å². The Morgan fingerprint density at radius 1 is 0.323 bits per heavy atom. The van der Waals surface area contributed by atoms with Crippen LogP contribution in [0.15, 0.2) is 222 Å². The first kappa shape index (κ1) is 34.6. The Morgan fingerprint density at radius 2 is 0.790 bits per heavy atom. The minimum Gasteiger partial charge on any atom is -0.310 e. The van der Waals surface area contributed by atoms with E-state index in [1.54, 1.807) is 6.07 Å². The second-order valence-corrected chi connectivity index (χ2v) is 16.4. The monoisotopic (exact) mass is 793 g/mol. The molecule has 5 heteroatoms. The van der Waals surface area contributed by atoms with Crippen LogP contribution in [0.2, 0.25) is 0 Å². The van der Waals surface area contributed by atoms with Crippen LogP contribution in [0.4, 0.5) is 17.1 Å². The highest BCUT2D eigenvalue weighted by molar-refractivity contribution is 6.01. The Balaban J connectivity index is 1.07. The van der Waals surface area contributed by atoms with Crippen LogP contribution in [0.3, 0.4) is 0 Å². The fourth-order valence-electron chi connectivity index (χ4n) is 10.6. The van der Waals surface area contributed by atoms with E-state index in [0.717, 1.165) is 55.9 Å². The third-order valence-corrected chi connectivity index (χ3v) is 13.3. The van der Waals surface area contributed by atoms with E-state index >= 15 is 0 Å². The minimum absolute atomic E-state index is 0.299. The molecule has 2 aromatic heterocycles. The van der Waals surface area contributed by atoms with Crippen LogP contribution in [0.5, 0.6) is 0 Å². The quantitative estimate of drug-likeness (QED) is 0.174. The van der Waals surface area contributed by atoms with Gasteiger partial charge in [-0.3, -0.25) is 9.59 Å². The van der Waals surface area contributed by atoms with Gasteiger partial charge in [-0.05, 0) is 127 Å². The lowest BCUT2D eigenvalue weighted by molar-refractivity contribution is 0.792. The van der Waals surface area contributed by atoms with Crippen LogP contribution in [0.1, 0.15) is 22.3 Å². The second kappa shape index (κ2) is 12.9. The summed E-state index contributed by atoms with van der Waals surface area (Å²) in [6.07, 6.45) is 0. The van der Waals surface area contributed by atoms with Crippen molar-refractivity contribution < 1.29 is 0 Å². The molecule has 0 radical (unpaired) electrons. The maximum atomic E-state index is 14.2. The van der Waals surface area contributed by atoms with E-state index in [9.17, 15) is 9.59 Å². The molecule has 1 spiro atoms. The van der Waals surface area contributed by atoms with Gasteiger partial charge in [0, 0.05) is 17.1 Å². The van der Waals surface area contributed by atoms with Crippen LogP contribution >= 0.6 is 0 Å². The van der Waals surface area contributed by atoms with Gasteiger partial charge in [-0.25, -0.2) is 4.52 Å². The molecular weight excluding hydrogens is 759 g/mol. The molecule has 5 nitrogen and oxygen atoms in total. The number of aromatic nitrogens is 2. The summed E-state index contributed by atoms with van der Waals surface area (Å²) in [5.74, 6) is 0. The molecule has 62 heavy (non-hydrogen) atoms. The van der Waals surface area contributed by atoms with Crippen molar-refractivity contribution in [1.82, 2.24) is 9.03 Å². The zero-order valence-corrected chi connectivity index (χ0v) is 33.4. The highest BCUT2D eigenvalue weighted by Gasteiger charge is 2.52.